The van der Waals surface area contributed by atoms with Crippen LogP contribution in [0.1, 0.15) is 61.6 Å². The van der Waals surface area contributed by atoms with Crippen LogP contribution < -0.4 is 10.5 Å². The van der Waals surface area contributed by atoms with Gasteiger partial charge in [0.2, 0.25) is 23.3 Å². The van der Waals surface area contributed by atoms with Gasteiger partial charge in [0.25, 0.3) is 0 Å². The molecule has 0 bridgehead atoms. The van der Waals surface area contributed by atoms with Crippen LogP contribution >= 0.6 is 11.3 Å². The largest absolute Gasteiger partial charge is 0.487 e. The van der Waals surface area contributed by atoms with Crippen molar-refractivity contribution in [1.82, 2.24) is 24.9 Å². The van der Waals surface area contributed by atoms with E-state index < -0.39 is 5.41 Å². The Bertz CT molecular complexity index is 1550. The Hall–Kier alpha value is -3.75. The van der Waals surface area contributed by atoms with Gasteiger partial charge in [0.05, 0.1) is 30.1 Å². The van der Waals surface area contributed by atoms with E-state index in [0.29, 0.717) is 58.9 Å². The van der Waals surface area contributed by atoms with Crippen LogP contribution in [0.3, 0.4) is 0 Å². The van der Waals surface area contributed by atoms with Crippen molar-refractivity contribution in [2.45, 2.75) is 69.9 Å². The lowest BCUT2D eigenvalue weighted by Gasteiger charge is -2.38. The average Bonchev–Trinajstić information content (AvgIpc) is 3.69. The van der Waals surface area contributed by atoms with Gasteiger partial charge in [-0.05, 0) is 81.5 Å². The third-order valence-electron chi connectivity index (χ3n) is 9.11. The second kappa shape index (κ2) is 11.2. The van der Waals surface area contributed by atoms with Crippen molar-refractivity contribution >= 4 is 27.9 Å². The van der Waals surface area contributed by atoms with Crippen LogP contribution in [0, 0.1) is 12.5 Å². The summed E-state index contributed by atoms with van der Waals surface area (Å²) in [5, 5.41) is 4.92. The monoisotopic (exact) mass is 587 g/mol. The molecule has 6 rings (SSSR count). The van der Waals surface area contributed by atoms with E-state index in [9.17, 15) is 4.79 Å². The van der Waals surface area contributed by atoms with E-state index in [-0.39, 0.29) is 12.0 Å². The molecule has 3 aromatic heterocycles. The van der Waals surface area contributed by atoms with Crippen molar-refractivity contribution in [3.63, 3.8) is 0 Å². The first-order valence-electron chi connectivity index (χ1n) is 14.6. The van der Waals surface area contributed by atoms with Gasteiger partial charge >= 0.3 is 0 Å². The number of nitrogens with two attached hydrogens (primary N) is 1. The highest BCUT2D eigenvalue weighted by molar-refractivity contribution is 7.16. The summed E-state index contributed by atoms with van der Waals surface area (Å²) in [5.41, 5.74) is 8.54. The predicted molar refractivity (Wildman–Crippen MR) is 162 cm³/mol. The molecule has 1 amide bonds. The lowest BCUT2D eigenvalue weighted by molar-refractivity contribution is -0.134. The minimum atomic E-state index is -0.599. The summed E-state index contributed by atoms with van der Waals surface area (Å²) in [6.07, 6.45) is 7.05. The quantitative estimate of drug-likeness (QED) is 0.289. The number of hydrogen-bond acceptors (Lipinski definition) is 9. The molecule has 1 aliphatic carbocycles. The fraction of sp³-hybridized carbons (Fsp3) is 0.516. The summed E-state index contributed by atoms with van der Waals surface area (Å²) in [6.45, 7) is 17.8. The molecule has 0 saturated carbocycles. The Balaban J connectivity index is 1.31. The molecule has 1 unspecified atom stereocenters. The van der Waals surface area contributed by atoms with Crippen molar-refractivity contribution in [2.24, 2.45) is 5.92 Å². The summed E-state index contributed by atoms with van der Waals surface area (Å²) in [5.74, 6) is 1.85. The number of pyridine rings is 1. The van der Waals surface area contributed by atoms with Gasteiger partial charge in [-0.1, -0.05) is 18.7 Å². The van der Waals surface area contributed by atoms with Gasteiger partial charge in [-0.15, -0.1) is 11.3 Å². The van der Waals surface area contributed by atoms with Crippen LogP contribution in [0.4, 0.5) is 10.7 Å². The molecule has 2 saturated heterocycles. The number of carbonyl (C=O) groups excluding carboxylic acids is 1. The van der Waals surface area contributed by atoms with Crippen molar-refractivity contribution in [3.05, 3.63) is 58.2 Å². The van der Waals surface area contributed by atoms with Crippen LogP contribution in [0.25, 0.3) is 16.4 Å². The number of hydrogen-bond donors (Lipinski definition) is 1. The number of aromatic nitrogens is 3. The maximum Gasteiger partial charge on any atom is 0.246 e. The number of nitrogen functional groups attached to an aromatic ring is 1. The normalized spacial score (nSPS) is 23.2. The zero-order chi connectivity index (χ0) is 29.6. The van der Waals surface area contributed by atoms with Crippen LogP contribution in [0.2, 0.25) is 0 Å². The van der Waals surface area contributed by atoms with E-state index in [2.05, 4.69) is 42.4 Å². The summed E-state index contributed by atoms with van der Waals surface area (Å²) in [7, 11) is 2.19. The molecule has 3 aliphatic rings. The van der Waals surface area contributed by atoms with Crippen molar-refractivity contribution in [1.29, 1.82) is 0 Å². The first kappa shape index (κ1) is 28.4. The Morgan fingerprint density at radius 2 is 2.19 bits per heavy atom. The van der Waals surface area contributed by atoms with Gasteiger partial charge in [0.15, 0.2) is 0 Å². The number of likely N-dealkylation sites (tertiary alicyclic amines) is 2. The molecular formula is C31H37N7O3S. The van der Waals surface area contributed by atoms with E-state index in [1.54, 1.807) is 4.90 Å². The molecule has 0 spiro atoms. The Kier molecular flexibility index (Phi) is 7.53. The maximum atomic E-state index is 11.9. The van der Waals surface area contributed by atoms with E-state index >= 15 is 0 Å². The molecule has 3 atom stereocenters. The van der Waals surface area contributed by atoms with E-state index in [1.165, 1.54) is 30.3 Å². The number of thiophene rings is 1. The molecule has 2 N–H and O–H groups in total. The van der Waals surface area contributed by atoms with Gasteiger partial charge in [-0.25, -0.2) is 9.83 Å². The number of aryl methyl sites for hydroxylation is 1. The summed E-state index contributed by atoms with van der Waals surface area (Å²) < 4.78 is 12.2. The van der Waals surface area contributed by atoms with Crippen molar-refractivity contribution in [3.8, 4) is 17.3 Å². The Labute approximate surface area is 250 Å². The number of amides is 1. The van der Waals surface area contributed by atoms with Crippen LogP contribution in [0.15, 0.2) is 29.3 Å². The summed E-state index contributed by atoms with van der Waals surface area (Å²) in [6, 6.07) is 4.36. The molecule has 5 heterocycles. The Morgan fingerprint density at radius 3 is 2.90 bits per heavy atom. The first-order chi connectivity index (χ1) is 20.2. The van der Waals surface area contributed by atoms with Gasteiger partial charge < -0.3 is 24.8 Å². The Morgan fingerprint density at radius 1 is 1.38 bits per heavy atom. The zero-order valence-corrected chi connectivity index (χ0v) is 25.2. The number of ether oxygens (including phenoxy) is 1. The zero-order valence-electron chi connectivity index (χ0n) is 24.4. The number of fused-ring (bicyclic) bond motifs is 1. The lowest BCUT2D eigenvalue weighted by Crippen LogP contribution is -2.55. The maximum absolute atomic E-state index is 11.9. The van der Waals surface area contributed by atoms with E-state index in [4.69, 9.17) is 31.5 Å². The molecule has 42 heavy (non-hydrogen) atoms. The fourth-order valence-corrected chi connectivity index (χ4v) is 8.00. The highest BCUT2D eigenvalue weighted by Crippen LogP contribution is 2.52. The minimum absolute atomic E-state index is 0.0899. The first-order valence-corrected chi connectivity index (χ1v) is 15.4. The summed E-state index contributed by atoms with van der Waals surface area (Å²) in [4.78, 5) is 30.8. The van der Waals surface area contributed by atoms with Crippen molar-refractivity contribution < 1.29 is 14.1 Å². The van der Waals surface area contributed by atoms with Gasteiger partial charge in [0, 0.05) is 23.9 Å². The number of anilines is 1. The molecule has 10 nitrogen and oxygen atoms in total. The topological polar surface area (TPSA) is 115 Å². The van der Waals surface area contributed by atoms with Crippen LogP contribution in [0.5, 0.6) is 5.75 Å². The molecule has 3 aromatic rings. The molecular weight excluding hydrogens is 550 g/mol. The third-order valence-corrected chi connectivity index (χ3v) is 10.2. The molecule has 0 radical (unpaired) electrons. The number of rotatable bonds is 8. The molecule has 2 fully saturated rings. The smallest absolute Gasteiger partial charge is 0.246 e. The SMILES string of the molecule is [C-]#[N+]c1c(N)sc2c1[C@@](C)(c1nc(-c3cc(OC4CN(C(=O)C=C)C4)cc(C[C@@H](C)C4CCCN4C)n3)no1)CCC2. The van der Waals surface area contributed by atoms with Crippen LogP contribution in [-0.2, 0) is 23.1 Å². The standard InChI is InChI=1S/C31H37N7O3S/c1-6-25(39)38-16-21(17-38)40-20-14-19(13-18(2)23-9-8-12-37(23)5)34-22(15-20)29-35-30(41-36-29)31(3)11-7-10-24-26(31)27(33-4)28(32)42-24/h6,14-15,18,21,23H,1,7-13,16-17,32H2,2-3,5H3/t18-,23?,31+/m1/s1. The second-order valence-electron chi connectivity index (χ2n) is 12.1. The highest BCUT2D eigenvalue weighted by atomic mass is 32.1. The predicted octanol–water partition coefficient (Wildman–Crippen LogP) is 5.02. The van der Waals surface area contributed by atoms with Crippen LogP contribution in [-0.4, -0.2) is 69.7 Å². The molecule has 0 aromatic carbocycles. The second-order valence-corrected chi connectivity index (χ2v) is 13.2. The average molecular weight is 588 g/mol. The number of nitrogens with zero attached hydrogens (tertiary/aromatic N) is 6. The third kappa shape index (κ3) is 5.07. The van der Waals surface area contributed by atoms with Crippen molar-refractivity contribution in [2.75, 3.05) is 32.4 Å². The van der Waals surface area contributed by atoms with E-state index in [1.807, 2.05) is 12.1 Å². The van der Waals surface area contributed by atoms with Gasteiger partial charge in [0.1, 0.15) is 17.5 Å². The lowest BCUT2D eigenvalue weighted by atomic mass is 9.73. The molecule has 220 valence electrons. The fourth-order valence-electron chi connectivity index (χ4n) is 6.82. The van der Waals surface area contributed by atoms with E-state index in [0.717, 1.165) is 48.4 Å². The molecule has 11 heteroatoms. The minimum Gasteiger partial charge on any atom is -0.487 e. The molecule has 2 aliphatic heterocycles. The number of carbonyl (C=O) groups is 1. The summed E-state index contributed by atoms with van der Waals surface area (Å²) >= 11 is 1.49. The van der Waals surface area contributed by atoms with Gasteiger partial charge in [-0.2, -0.15) is 4.98 Å². The van der Waals surface area contributed by atoms with Gasteiger partial charge in [-0.3, -0.25) is 4.79 Å². The highest BCUT2D eigenvalue weighted by Gasteiger charge is 2.43.